The number of benzene rings is 1. The number of nitrogens with zero attached hydrogens (tertiary/aromatic N) is 4. The van der Waals surface area contributed by atoms with Crippen LogP contribution in [-0.2, 0) is 13.0 Å². The van der Waals surface area contributed by atoms with E-state index < -0.39 is 0 Å². The van der Waals surface area contributed by atoms with Crippen molar-refractivity contribution in [2.45, 2.75) is 39.2 Å². The van der Waals surface area contributed by atoms with Gasteiger partial charge in [-0.1, -0.05) is 25.1 Å². The van der Waals surface area contributed by atoms with Gasteiger partial charge in [0.1, 0.15) is 5.52 Å². The second-order valence-corrected chi connectivity index (χ2v) is 5.60. The Hall–Kier alpha value is -2.63. The number of hydrogen-bond acceptors (Lipinski definition) is 5. The first kappa shape index (κ1) is 15.3. The van der Waals surface area contributed by atoms with Gasteiger partial charge in [-0.05, 0) is 31.7 Å². The standard InChI is InChI=1S/C17H21N5O/c1-2-11-22-14(9-5-6-10-19-23)15-12-7-3-4-8-13(12)20-17(18)16(15)21-22/h3-4,7-8,10,23H,2,5-6,9,11H2,1H3,(H2,18,20). The summed E-state index contributed by atoms with van der Waals surface area (Å²) in [6.07, 6.45) is 5.01. The molecule has 0 amide bonds. The predicted octanol–water partition coefficient (Wildman–Crippen LogP) is 3.36. The van der Waals surface area contributed by atoms with Crippen LogP contribution in [0.4, 0.5) is 5.82 Å². The molecule has 0 aliphatic rings. The molecule has 6 heteroatoms. The Morgan fingerprint density at radius 3 is 2.96 bits per heavy atom. The average Bonchev–Trinajstić information content (AvgIpc) is 2.92. The first-order valence-corrected chi connectivity index (χ1v) is 7.95. The van der Waals surface area contributed by atoms with Gasteiger partial charge in [-0.2, -0.15) is 5.10 Å². The van der Waals surface area contributed by atoms with Gasteiger partial charge in [-0.15, -0.1) is 5.16 Å². The highest BCUT2D eigenvalue weighted by Crippen LogP contribution is 2.31. The van der Waals surface area contributed by atoms with Gasteiger partial charge in [0.05, 0.1) is 5.52 Å². The van der Waals surface area contributed by atoms with E-state index in [0.29, 0.717) is 5.82 Å². The Morgan fingerprint density at radius 2 is 2.17 bits per heavy atom. The Bertz CT molecular complexity index is 853. The van der Waals surface area contributed by atoms with E-state index in [1.165, 1.54) is 11.9 Å². The molecule has 0 fully saturated rings. The van der Waals surface area contributed by atoms with Gasteiger partial charge in [-0.3, -0.25) is 4.68 Å². The van der Waals surface area contributed by atoms with E-state index in [1.54, 1.807) is 0 Å². The van der Waals surface area contributed by atoms with Crippen molar-refractivity contribution in [3.05, 3.63) is 30.0 Å². The van der Waals surface area contributed by atoms with E-state index in [0.717, 1.165) is 54.0 Å². The molecule has 0 saturated heterocycles. The van der Waals surface area contributed by atoms with Crippen LogP contribution < -0.4 is 5.73 Å². The quantitative estimate of drug-likeness (QED) is 0.316. The van der Waals surface area contributed by atoms with E-state index >= 15 is 0 Å². The molecule has 0 radical (unpaired) electrons. The molecule has 2 heterocycles. The van der Waals surface area contributed by atoms with Gasteiger partial charge in [0.25, 0.3) is 0 Å². The van der Waals surface area contributed by atoms with E-state index in [1.807, 2.05) is 22.9 Å². The molecule has 0 bridgehead atoms. The third-order valence-electron chi connectivity index (χ3n) is 3.98. The number of para-hydroxylation sites is 1. The molecule has 0 atom stereocenters. The first-order chi connectivity index (χ1) is 11.3. The van der Waals surface area contributed by atoms with Crippen molar-refractivity contribution < 1.29 is 5.21 Å². The fraction of sp³-hybridized carbons (Fsp3) is 0.353. The molecule has 6 nitrogen and oxygen atoms in total. The molecule has 3 N–H and O–H groups in total. The van der Waals surface area contributed by atoms with Crippen LogP contribution in [0.25, 0.3) is 21.8 Å². The maximum Gasteiger partial charge on any atom is 0.152 e. The molecule has 0 saturated carbocycles. The Labute approximate surface area is 134 Å². The largest absolute Gasteiger partial charge is 0.411 e. The van der Waals surface area contributed by atoms with E-state index in [2.05, 4.69) is 23.1 Å². The van der Waals surface area contributed by atoms with Crippen molar-refractivity contribution in [2.75, 3.05) is 5.73 Å². The van der Waals surface area contributed by atoms with Crippen LogP contribution in [0.1, 0.15) is 31.9 Å². The molecular formula is C17H21N5O. The number of unbranched alkanes of at least 4 members (excludes halogenated alkanes) is 1. The van der Waals surface area contributed by atoms with Crippen LogP contribution >= 0.6 is 0 Å². The van der Waals surface area contributed by atoms with Crippen molar-refractivity contribution in [3.8, 4) is 0 Å². The summed E-state index contributed by atoms with van der Waals surface area (Å²) in [5.41, 5.74) is 8.99. The van der Waals surface area contributed by atoms with Gasteiger partial charge in [-0.25, -0.2) is 4.98 Å². The molecule has 2 aromatic heterocycles. The van der Waals surface area contributed by atoms with Gasteiger partial charge < -0.3 is 10.9 Å². The molecule has 23 heavy (non-hydrogen) atoms. The summed E-state index contributed by atoms with van der Waals surface area (Å²) < 4.78 is 2.05. The molecule has 3 aromatic rings. The van der Waals surface area contributed by atoms with E-state index in [-0.39, 0.29) is 0 Å². The Kier molecular flexibility index (Phi) is 4.41. The van der Waals surface area contributed by atoms with Crippen LogP contribution in [0, 0.1) is 0 Å². The third-order valence-corrected chi connectivity index (χ3v) is 3.98. The molecule has 120 valence electrons. The molecule has 0 spiro atoms. The summed E-state index contributed by atoms with van der Waals surface area (Å²) in [6, 6.07) is 8.03. The molecular weight excluding hydrogens is 290 g/mol. The molecule has 0 aliphatic carbocycles. The highest BCUT2D eigenvalue weighted by molar-refractivity contribution is 6.09. The second kappa shape index (κ2) is 6.64. The van der Waals surface area contributed by atoms with Crippen molar-refractivity contribution in [2.24, 2.45) is 5.16 Å². The first-order valence-electron chi connectivity index (χ1n) is 7.95. The van der Waals surface area contributed by atoms with Crippen LogP contribution in [-0.4, -0.2) is 26.2 Å². The number of rotatable bonds is 6. The van der Waals surface area contributed by atoms with Crippen LogP contribution in [0.2, 0.25) is 0 Å². The number of anilines is 1. The minimum atomic E-state index is 0.478. The van der Waals surface area contributed by atoms with Crippen LogP contribution in [0.3, 0.4) is 0 Å². The summed E-state index contributed by atoms with van der Waals surface area (Å²) in [7, 11) is 0. The number of aryl methyl sites for hydroxylation is 2. The van der Waals surface area contributed by atoms with Crippen LogP contribution in [0.15, 0.2) is 29.4 Å². The summed E-state index contributed by atoms with van der Waals surface area (Å²) >= 11 is 0. The molecule has 3 rings (SSSR count). The van der Waals surface area contributed by atoms with E-state index in [4.69, 9.17) is 16.0 Å². The maximum atomic E-state index is 8.54. The van der Waals surface area contributed by atoms with Crippen molar-refractivity contribution >= 4 is 33.8 Å². The van der Waals surface area contributed by atoms with Gasteiger partial charge in [0.2, 0.25) is 0 Å². The summed E-state index contributed by atoms with van der Waals surface area (Å²) in [4.78, 5) is 4.48. The number of aromatic nitrogens is 3. The minimum Gasteiger partial charge on any atom is -0.411 e. The highest BCUT2D eigenvalue weighted by Gasteiger charge is 2.16. The predicted molar refractivity (Wildman–Crippen MR) is 93.0 cm³/mol. The fourth-order valence-electron chi connectivity index (χ4n) is 2.99. The number of nitrogens with two attached hydrogens (primary N) is 1. The number of nitrogen functional groups attached to an aromatic ring is 1. The number of fused-ring (bicyclic) bond motifs is 3. The lowest BCUT2D eigenvalue weighted by molar-refractivity contribution is 0.320. The lowest BCUT2D eigenvalue weighted by Crippen LogP contribution is -2.04. The Balaban J connectivity index is 2.18. The molecule has 0 unspecified atom stereocenters. The maximum absolute atomic E-state index is 8.54. The lowest BCUT2D eigenvalue weighted by Gasteiger charge is -2.07. The van der Waals surface area contributed by atoms with Crippen molar-refractivity contribution in [3.63, 3.8) is 0 Å². The minimum absolute atomic E-state index is 0.478. The van der Waals surface area contributed by atoms with Gasteiger partial charge in [0, 0.05) is 29.2 Å². The summed E-state index contributed by atoms with van der Waals surface area (Å²) in [5, 5.41) is 18.5. The van der Waals surface area contributed by atoms with Gasteiger partial charge >= 0.3 is 0 Å². The third kappa shape index (κ3) is 2.84. The van der Waals surface area contributed by atoms with Crippen molar-refractivity contribution in [1.29, 1.82) is 0 Å². The van der Waals surface area contributed by atoms with Crippen molar-refractivity contribution in [1.82, 2.24) is 14.8 Å². The zero-order valence-electron chi connectivity index (χ0n) is 13.2. The van der Waals surface area contributed by atoms with E-state index in [9.17, 15) is 0 Å². The molecule has 0 aliphatic heterocycles. The second-order valence-electron chi connectivity index (χ2n) is 5.60. The van der Waals surface area contributed by atoms with Crippen LogP contribution in [0.5, 0.6) is 0 Å². The summed E-state index contributed by atoms with van der Waals surface area (Å²) in [6.45, 7) is 2.99. The van der Waals surface area contributed by atoms with Gasteiger partial charge in [0.15, 0.2) is 5.82 Å². The number of hydrogen-bond donors (Lipinski definition) is 2. The summed E-state index contributed by atoms with van der Waals surface area (Å²) in [5.74, 6) is 0.478. The topological polar surface area (TPSA) is 89.3 Å². The highest BCUT2D eigenvalue weighted by atomic mass is 16.4. The number of oxime groups is 1. The lowest BCUT2D eigenvalue weighted by atomic mass is 10.1. The molecule has 1 aromatic carbocycles. The Morgan fingerprint density at radius 1 is 1.35 bits per heavy atom. The zero-order valence-corrected chi connectivity index (χ0v) is 13.2. The smallest absolute Gasteiger partial charge is 0.152 e. The number of pyridine rings is 1. The monoisotopic (exact) mass is 311 g/mol. The average molecular weight is 311 g/mol. The normalized spacial score (nSPS) is 11.9. The zero-order chi connectivity index (χ0) is 16.2. The fourth-order valence-corrected chi connectivity index (χ4v) is 2.99. The SMILES string of the molecule is CCCn1nc2c(N)nc3ccccc3c2c1CCCC=NO.